The lowest BCUT2D eigenvalue weighted by molar-refractivity contribution is -0.290. The van der Waals surface area contributed by atoms with Crippen molar-refractivity contribution in [1.29, 1.82) is 0 Å². The third-order valence-electron chi connectivity index (χ3n) is 7.37. The minimum atomic E-state index is -4.76. The van der Waals surface area contributed by atoms with Gasteiger partial charge in [-0.2, -0.15) is 0 Å². The quantitative estimate of drug-likeness (QED) is 0.0822. The second kappa shape index (κ2) is 19.8. The summed E-state index contributed by atoms with van der Waals surface area (Å²) in [4.78, 5) is 48.8. The van der Waals surface area contributed by atoms with Crippen LogP contribution in [0.3, 0.4) is 0 Å². The normalized spacial score (nSPS) is 21.1. The molecule has 0 N–H and O–H groups in total. The van der Waals surface area contributed by atoms with Crippen molar-refractivity contribution in [2.75, 3.05) is 12.5 Å². The Labute approximate surface area is 307 Å². The standard InChI is InChI=1S/C36H42O15P2/c1-25(37)43-23-32-33(47-26(2)38)34(48-27(3)39)35(49-28(4)40)36(50-32)51-53(42,46-22-31-18-12-7-13-19-31)24-52(41,44-20-29-14-8-5-9-15-29)45-21-30-16-10-6-11-17-30/h5-19,32-36H,20-24H2,1-4H3/t32-,33-,34+,35+,36?,53?/m1/s1. The summed E-state index contributed by atoms with van der Waals surface area (Å²) in [7, 11) is -9.17. The van der Waals surface area contributed by atoms with Crippen LogP contribution in [0.1, 0.15) is 44.4 Å². The number of carbonyl (C=O) groups excluding carboxylic acids is 4. The summed E-state index contributed by atoms with van der Waals surface area (Å²) in [5, 5.41) is 0. The van der Waals surface area contributed by atoms with Gasteiger partial charge in [-0.05, 0) is 16.7 Å². The summed E-state index contributed by atoms with van der Waals surface area (Å²) < 4.78 is 80.9. The van der Waals surface area contributed by atoms with Gasteiger partial charge in [0.05, 0.1) is 19.8 Å². The third kappa shape index (κ3) is 13.6. The highest BCUT2D eigenvalue weighted by Crippen LogP contribution is 2.66. The van der Waals surface area contributed by atoms with Crippen LogP contribution in [0.25, 0.3) is 0 Å². The zero-order valence-corrected chi connectivity index (χ0v) is 31.4. The molecule has 0 aliphatic carbocycles. The summed E-state index contributed by atoms with van der Waals surface area (Å²) >= 11 is 0. The SMILES string of the molecule is CC(=O)OC[C@H]1OC(OP(=O)(CP(=O)(OCc2ccccc2)OCc2ccccc2)OCc2ccccc2)[C@@H](OC(C)=O)[C@@H](OC(C)=O)[C@@H]1OC(C)=O. The number of hydrogen-bond acceptors (Lipinski definition) is 15. The summed E-state index contributed by atoms with van der Waals surface area (Å²) in [6, 6.07) is 26.2. The summed E-state index contributed by atoms with van der Waals surface area (Å²) in [5.41, 5.74) is 1.83. The first-order chi connectivity index (χ1) is 25.2. The Balaban J connectivity index is 1.76. The second-order valence-corrected chi connectivity index (χ2v) is 16.4. The molecule has 286 valence electrons. The summed E-state index contributed by atoms with van der Waals surface area (Å²) in [6.45, 7) is 3.01. The van der Waals surface area contributed by atoms with Gasteiger partial charge in [0.15, 0.2) is 24.2 Å². The molecule has 17 heteroatoms. The van der Waals surface area contributed by atoms with Crippen molar-refractivity contribution in [3.05, 3.63) is 108 Å². The molecule has 1 fully saturated rings. The molecule has 1 aliphatic rings. The molecule has 0 radical (unpaired) electrons. The molecule has 1 aliphatic heterocycles. The highest BCUT2D eigenvalue weighted by Gasteiger charge is 2.55. The molecule has 3 aromatic rings. The molecule has 0 bridgehead atoms. The Morgan fingerprint density at radius 3 is 1.36 bits per heavy atom. The topological polar surface area (TPSA) is 185 Å². The smallest absolute Gasteiger partial charge is 0.345 e. The summed E-state index contributed by atoms with van der Waals surface area (Å²) in [6.07, 6.45) is -8.19. The molecular weight excluding hydrogens is 734 g/mol. The number of ether oxygens (including phenoxy) is 5. The van der Waals surface area contributed by atoms with Gasteiger partial charge in [-0.25, -0.2) is 0 Å². The molecule has 6 atom stereocenters. The van der Waals surface area contributed by atoms with Crippen LogP contribution >= 0.6 is 15.2 Å². The van der Waals surface area contributed by atoms with Crippen molar-refractivity contribution in [2.45, 2.75) is 78.2 Å². The second-order valence-electron chi connectivity index (χ2n) is 11.8. The Bertz CT molecular complexity index is 1710. The number of benzene rings is 3. The van der Waals surface area contributed by atoms with E-state index in [0.29, 0.717) is 16.7 Å². The lowest BCUT2D eigenvalue weighted by Crippen LogP contribution is -2.62. The lowest BCUT2D eigenvalue weighted by atomic mass is 9.98. The zero-order chi connectivity index (χ0) is 38.4. The van der Waals surface area contributed by atoms with Gasteiger partial charge in [0.2, 0.25) is 6.29 Å². The fraction of sp³-hybridized carbons (Fsp3) is 0.389. The summed E-state index contributed by atoms with van der Waals surface area (Å²) in [5.74, 6) is -4.32. The third-order valence-corrected chi connectivity index (χ3v) is 12.2. The van der Waals surface area contributed by atoms with E-state index in [0.717, 1.165) is 27.7 Å². The van der Waals surface area contributed by atoms with Crippen molar-refractivity contribution in [3.63, 3.8) is 0 Å². The van der Waals surface area contributed by atoms with Gasteiger partial charge in [0, 0.05) is 27.7 Å². The van der Waals surface area contributed by atoms with E-state index >= 15 is 4.57 Å². The highest BCUT2D eigenvalue weighted by molar-refractivity contribution is 7.71. The Kier molecular flexibility index (Phi) is 15.5. The van der Waals surface area contributed by atoms with E-state index in [9.17, 15) is 23.7 Å². The molecule has 4 rings (SSSR count). The number of rotatable bonds is 18. The first-order valence-electron chi connectivity index (χ1n) is 16.5. The maximum atomic E-state index is 15.0. The van der Waals surface area contributed by atoms with Crippen LogP contribution < -0.4 is 0 Å². The first-order valence-corrected chi connectivity index (χ1v) is 19.9. The fourth-order valence-corrected chi connectivity index (χ4v) is 9.71. The molecule has 1 heterocycles. The monoisotopic (exact) mass is 776 g/mol. The minimum Gasteiger partial charge on any atom is -0.463 e. The molecule has 3 aromatic carbocycles. The van der Waals surface area contributed by atoms with E-state index < -0.39 is 82.3 Å². The first kappa shape index (κ1) is 41.6. The van der Waals surface area contributed by atoms with Crippen molar-refractivity contribution < 1.29 is 70.1 Å². The Hall–Kier alpha value is -4.20. The van der Waals surface area contributed by atoms with Gasteiger partial charge in [-0.3, -0.25) is 32.8 Å². The van der Waals surface area contributed by atoms with Gasteiger partial charge in [0.25, 0.3) is 0 Å². The van der Waals surface area contributed by atoms with Gasteiger partial charge in [-0.1, -0.05) is 91.0 Å². The van der Waals surface area contributed by atoms with Crippen LogP contribution in [0.4, 0.5) is 0 Å². The fourth-order valence-electron chi connectivity index (χ4n) is 5.11. The van der Waals surface area contributed by atoms with E-state index in [2.05, 4.69) is 0 Å². The van der Waals surface area contributed by atoms with E-state index in [1.165, 1.54) is 0 Å². The molecule has 0 spiro atoms. The van der Waals surface area contributed by atoms with Crippen molar-refractivity contribution in [3.8, 4) is 0 Å². The van der Waals surface area contributed by atoms with Gasteiger partial charge in [0.1, 0.15) is 12.7 Å². The maximum absolute atomic E-state index is 15.0. The highest BCUT2D eigenvalue weighted by atomic mass is 31.2. The average molecular weight is 777 g/mol. The van der Waals surface area contributed by atoms with Crippen LogP contribution in [0.15, 0.2) is 91.0 Å². The van der Waals surface area contributed by atoms with Crippen LogP contribution in [0.5, 0.6) is 0 Å². The molecule has 1 saturated heterocycles. The largest absolute Gasteiger partial charge is 0.463 e. The predicted octanol–water partition coefficient (Wildman–Crippen LogP) is 6.08. The Morgan fingerprint density at radius 1 is 0.547 bits per heavy atom. The lowest BCUT2D eigenvalue weighted by Gasteiger charge is -2.44. The molecule has 0 saturated carbocycles. The predicted molar refractivity (Wildman–Crippen MR) is 187 cm³/mol. The number of hydrogen-bond donors (Lipinski definition) is 0. The van der Waals surface area contributed by atoms with Gasteiger partial charge < -0.3 is 37.3 Å². The molecule has 15 nitrogen and oxygen atoms in total. The van der Waals surface area contributed by atoms with Crippen LogP contribution in [-0.2, 0) is 89.9 Å². The molecule has 0 amide bonds. The van der Waals surface area contributed by atoms with E-state index in [-0.39, 0.29) is 19.8 Å². The maximum Gasteiger partial charge on any atom is 0.345 e. The van der Waals surface area contributed by atoms with Crippen LogP contribution in [0, 0.1) is 0 Å². The average Bonchev–Trinajstić information content (AvgIpc) is 3.11. The van der Waals surface area contributed by atoms with E-state index in [1.54, 1.807) is 91.0 Å². The van der Waals surface area contributed by atoms with Crippen molar-refractivity contribution in [2.24, 2.45) is 0 Å². The van der Waals surface area contributed by atoms with Gasteiger partial charge >= 0.3 is 39.1 Å². The number of esters is 4. The molecule has 0 aromatic heterocycles. The molecule has 2 unspecified atom stereocenters. The van der Waals surface area contributed by atoms with Crippen LogP contribution in [0.2, 0.25) is 0 Å². The molecule has 53 heavy (non-hydrogen) atoms. The van der Waals surface area contributed by atoms with Gasteiger partial charge in [-0.15, -0.1) is 0 Å². The van der Waals surface area contributed by atoms with Crippen LogP contribution in [-0.4, -0.2) is 67.1 Å². The molecular formula is C36H42O15P2. The van der Waals surface area contributed by atoms with E-state index in [1.807, 2.05) is 0 Å². The van der Waals surface area contributed by atoms with Crippen molar-refractivity contribution in [1.82, 2.24) is 0 Å². The Morgan fingerprint density at radius 2 is 0.943 bits per heavy atom. The minimum absolute atomic E-state index is 0.204. The number of carbonyl (C=O) groups is 4. The zero-order valence-electron chi connectivity index (χ0n) is 29.6. The van der Waals surface area contributed by atoms with E-state index in [4.69, 9.17) is 41.8 Å². The van der Waals surface area contributed by atoms with Crippen molar-refractivity contribution >= 4 is 39.1 Å².